The molecule has 0 saturated carbocycles. The number of benzene rings is 1. The van der Waals surface area contributed by atoms with Gasteiger partial charge in [0.2, 0.25) is 0 Å². The minimum Gasteiger partial charge on any atom is -0.236 e. The second-order valence-electron chi connectivity index (χ2n) is 3.53. The predicted octanol–water partition coefficient (Wildman–Crippen LogP) is 2.51. The Labute approximate surface area is 78.4 Å². The summed E-state index contributed by atoms with van der Waals surface area (Å²) in [5.74, 6) is 0.491. The Morgan fingerprint density at radius 2 is 2.00 bits per heavy atom. The van der Waals surface area contributed by atoms with Crippen LogP contribution in [0.15, 0.2) is 30.3 Å². The van der Waals surface area contributed by atoms with Gasteiger partial charge in [-0.1, -0.05) is 30.3 Å². The molecule has 2 heteroatoms. The summed E-state index contributed by atoms with van der Waals surface area (Å²) in [5.41, 5.74) is 1.35. The highest BCUT2D eigenvalue weighted by Gasteiger charge is 2.21. The van der Waals surface area contributed by atoms with Crippen molar-refractivity contribution in [2.24, 2.45) is 0 Å². The van der Waals surface area contributed by atoms with Crippen molar-refractivity contribution < 1.29 is 9.78 Å². The Morgan fingerprint density at radius 1 is 1.23 bits per heavy atom. The van der Waals surface area contributed by atoms with Crippen molar-refractivity contribution in [2.75, 3.05) is 6.61 Å². The Morgan fingerprint density at radius 3 is 2.69 bits per heavy atom. The van der Waals surface area contributed by atoms with Crippen LogP contribution in [-0.2, 0) is 9.78 Å². The average Bonchev–Trinajstić information content (AvgIpc) is 2.19. The van der Waals surface area contributed by atoms with Crippen LogP contribution < -0.4 is 0 Å². The first-order chi connectivity index (χ1) is 6.36. The highest BCUT2D eigenvalue weighted by atomic mass is 17.2. The molecule has 1 aliphatic rings. The van der Waals surface area contributed by atoms with E-state index in [0.717, 1.165) is 6.42 Å². The summed E-state index contributed by atoms with van der Waals surface area (Å²) in [5, 5.41) is 0. The number of hydrogen-bond acceptors (Lipinski definition) is 2. The van der Waals surface area contributed by atoms with Gasteiger partial charge in [-0.15, -0.1) is 0 Å². The lowest BCUT2D eigenvalue weighted by Crippen LogP contribution is -2.24. The minimum absolute atomic E-state index is 0.207. The molecule has 0 bridgehead atoms. The summed E-state index contributed by atoms with van der Waals surface area (Å²) in [6.45, 7) is 2.71. The fourth-order valence-electron chi connectivity index (χ4n) is 1.70. The summed E-state index contributed by atoms with van der Waals surface area (Å²) in [6.07, 6.45) is 1.25. The highest BCUT2D eigenvalue weighted by molar-refractivity contribution is 5.19. The summed E-state index contributed by atoms with van der Waals surface area (Å²) < 4.78 is 0. The van der Waals surface area contributed by atoms with E-state index in [2.05, 4.69) is 24.3 Å². The summed E-state index contributed by atoms with van der Waals surface area (Å²) in [7, 11) is 0. The van der Waals surface area contributed by atoms with Crippen molar-refractivity contribution >= 4 is 0 Å². The Balaban J connectivity index is 2.08. The first-order valence-electron chi connectivity index (χ1n) is 4.69. The van der Waals surface area contributed by atoms with Crippen LogP contribution in [0.4, 0.5) is 0 Å². The largest absolute Gasteiger partial charge is 0.236 e. The highest BCUT2D eigenvalue weighted by Crippen LogP contribution is 2.26. The van der Waals surface area contributed by atoms with Crippen molar-refractivity contribution in [3.63, 3.8) is 0 Å². The SMILES string of the molecule is C[C@@H]1C[C@H](c2ccccc2)COO1. The third kappa shape index (κ3) is 2.08. The molecule has 0 amide bonds. The monoisotopic (exact) mass is 178 g/mol. The third-order valence-corrected chi connectivity index (χ3v) is 2.39. The molecule has 0 unspecified atom stereocenters. The van der Waals surface area contributed by atoms with Crippen LogP contribution in [0.25, 0.3) is 0 Å². The molecule has 2 atom stereocenters. The Hall–Kier alpha value is -0.860. The van der Waals surface area contributed by atoms with Gasteiger partial charge in [0.05, 0.1) is 12.7 Å². The van der Waals surface area contributed by atoms with Gasteiger partial charge in [-0.2, -0.15) is 0 Å². The third-order valence-electron chi connectivity index (χ3n) is 2.39. The van der Waals surface area contributed by atoms with Crippen LogP contribution in [0.1, 0.15) is 24.8 Å². The zero-order chi connectivity index (χ0) is 9.10. The summed E-state index contributed by atoms with van der Waals surface area (Å²) >= 11 is 0. The van der Waals surface area contributed by atoms with E-state index in [9.17, 15) is 0 Å². The van der Waals surface area contributed by atoms with Crippen molar-refractivity contribution in [3.8, 4) is 0 Å². The molecule has 1 aromatic rings. The molecule has 0 aliphatic carbocycles. The lowest BCUT2D eigenvalue weighted by Gasteiger charge is -2.26. The van der Waals surface area contributed by atoms with Gasteiger partial charge < -0.3 is 0 Å². The van der Waals surface area contributed by atoms with Gasteiger partial charge in [0.15, 0.2) is 0 Å². The van der Waals surface area contributed by atoms with E-state index < -0.39 is 0 Å². The van der Waals surface area contributed by atoms with E-state index in [1.54, 1.807) is 0 Å². The van der Waals surface area contributed by atoms with E-state index in [4.69, 9.17) is 9.78 Å². The second-order valence-corrected chi connectivity index (χ2v) is 3.53. The van der Waals surface area contributed by atoms with Gasteiger partial charge in [-0.25, -0.2) is 9.78 Å². The number of rotatable bonds is 1. The maximum atomic E-state index is 5.05. The van der Waals surface area contributed by atoms with Crippen LogP contribution >= 0.6 is 0 Å². The summed E-state index contributed by atoms with van der Waals surface area (Å²) in [4.78, 5) is 10.1. The fraction of sp³-hybridized carbons (Fsp3) is 0.455. The number of hydrogen-bond donors (Lipinski definition) is 0. The first kappa shape index (κ1) is 8.73. The van der Waals surface area contributed by atoms with E-state index in [0.29, 0.717) is 12.5 Å². The van der Waals surface area contributed by atoms with E-state index in [-0.39, 0.29) is 6.10 Å². The maximum absolute atomic E-state index is 5.05. The van der Waals surface area contributed by atoms with Crippen LogP contribution in [0.3, 0.4) is 0 Å². The molecule has 70 valence electrons. The average molecular weight is 178 g/mol. The van der Waals surface area contributed by atoms with Crippen LogP contribution in [0.2, 0.25) is 0 Å². The smallest absolute Gasteiger partial charge is 0.0908 e. The molecule has 1 aromatic carbocycles. The normalized spacial score (nSPS) is 28.7. The Bertz CT molecular complexity index is 258. The molecule has 2 rings (SSSR count). The van der Waals surface area contributed by atoms with Gasteiger partial charge in [0, 0.05) is 5.92 Å². The minimum atomic E-state index is 0.207. The van der Waals surface area contributed by atoms with Gasteiger partial charge in [-0.3, -0.25) is 0 Å². The van der Waals surface area contributed by atoms with Gasteiger partial charge in [0.25, 0.3) is 0 Å². The fourth-order valence-corrected chi connectivity index (χ4v) is 1.70. The molecule has 1 fully saturated rings. The van der Waals surface area contributed by atoms with Crippen molar-refractivity contribution in [1.29, 1.82) is 0 Å². The maximum Gasteiger partial charge on any atom is 0.0908 e. The quantitative estimate of drug-likeness (QED) is 0.615. The molecular formula is C11H14O2. The first-order valence-corrected chi connectivity index (χ1v) is 4.69. The molecular weight excluding hydrogens is 164 g/mol. The van der Waals surface area contributed by atoms with Crippen LogP contribution in [0, 0.1) is 0 Å². The van der Waals surface area contributed by atoms with Crippen LogP contribution in [-0.4, -0.2) is 12.7 Å². The van der Waals surface area contributed by atoms with Crippen molar-refractivity contribution in [1.82, 2.24) is 0 Å². The molecule has 1 saturated heterocycles. The second kappa shape index (κ2) is 3.90. The lowest BCUT2D eigenvalue weighted by atomic mass is 9.94. The predicted molar refractivity (Wildman–Crippen MR) is 50.3 cm³/mol. The topological polar surface area (TPSA) is 18.5 Å². The van der Waals surface area contributed by atoms with Crippen LogP contribution in [0.5, 0.6) is 0 Å². The van der Waals surface area contributed by atoms with Crippen molar-refractivity contribution in [3.05, 3.63) is 35.9 Å². The molecule has 2 nitrogen and oxygen atoms in total. The molecule has 0 aromatic heterocycles. The van der Waals surface area contributed by atoms with E-state index in [1.807, 2.05) is 13.0 Å². The Kier molecular flexibility index (Phi) is 2.62. The zero-order valence-corrected chi connectivity index (χ0v) is 7.77. The van der Waals surface area contributed by atoms with Gasteiger partial charge in [-0.05, 0) is 18.9 Å². The summed E-state index contributed by atoms with van der Waals surface area (Å²) in [6, 6.07) is 10.5. The van der Waals surface area contributed by atoms with E-state index in [1.165, 1.54) is 5.56 Å². The van der Waals surface area contributed by atoms with Gasteiger partial charge >= 0.3 is 0 Å². The lowest BCUT2D eigenvalue weighted by molar-refractivity contribution is -0.344. The standard InChI is InChI=1S/C11H14O2/c1-9-7-11(8-12-13-9)10-5-3-2-4-6-10/h2-6,9,11H,7-8H2,1H3/t9-,11+/m1/s1. The molecule has 0 spiro atoms. The van der Waals surface area contributed by atoms with Gasteiger partial charge in [0.1, 0.15) is 0 Å². The molecule has 0 radical (unpaired) electrons. The molecule has 1 aliphatic heterocycles. The van der Waals surface area contributed by atoms with Crippen molar-refractivity contribution in [2.45, 2.75) is 25.4 Å². The zero-order valence-electron chi connectivity index (χ0n) is 7.77. The molecule has 13 heavy (non-hydrogen) atoms. The molecule has 0 N–H and O–H groups in total. The van der Waals surface area contributed by atoms with E-state index >= 15 is 0 Å². The molecule has 1 heterocycles.